The highest BCUT2D eigenvalue weighted by Crippen LogP contribution is 2.26. The molecule has 1 aromatic carbocycles. The van der Waals surface area contributed by atoms with Gasteiger partial charge >= 0.3 is 6.03 Å². The van der Waals surface area contributed by atoms with Crippen molar-refractivity contribution in [2.24, 2.45) is 5.92 Å². The van der Waals surface area contributed by atoms with Crippen LogP contribution in [0.3, 0.4) is 0 Å². The lowest BCUT2D eigenvalue weighted by Crippen LogP contribution is -2.44. The van der Waals surface area contributed by atoms with Gasteiger partial charge in [0.1, 0.15) is 5.75 Å². The Labute approximate surface area is 132 Å². The van der Waals surface area contributed by atoms with Gasteiger partial charge < -0.3 is 15.4 Å². The number of nitrogens with one attached hydrogen (secondary N) is 2. The second kappa shape index (κ2) is 8.47. The van der Waals surface area contributed by atoms with E-state index in [1.165, 1.54) is 32.1 Å². The van der Waals surface area contributed by atoms with E-state index in [2.05, 4.69) is 17.2 Å². The van der Waals surface area contributed by atoms with Crippen molar-refractivity contribution in [2.75, 3.05) is 7.11 Å². The van der Waals surface area contributed by atoms with Crippen LogP contribution < -0.4 is 15.4 Å². The number of carbonyl (C=O) groups is 1. The van der Waals surface area contributed by atoms with Crippen LogP contribution in [0.15, 0.2) is 36.9 Å². The van der Waals surface area contributed by atoms with E-state index < -0.39 is 0 Å². The Morgan fingerprint density at radius 2 is 2.09 bits per heavy atom. The van der Waals surface area contributed by atoms with Gasteiger partial charge in [-0.25, -0.2) is 4.79 Å². The van der Waals surface area contributed by atoms with Crippen LogP contribution in [-0.2, 0) is 6.54 Å². The number of para-hydroxylation sites is 1. The van der Waals surface area contributed by atoms with Crippen molar-refractivity contribution in [1.29, 1.82) is 0 Å². The zero-order valence-corrected chi connectivity index (χ0v) is 13.3. The molecule has 2 amide bonds. The van der Waals surface area contributed by atoms with Crippen LogP contribution in [0.5, 0.6) is 5.75 Å². The van der Waals surface area contributed by atoms with Gasteiger partial charge in [0, 0.05) is 12.1 Å². The van der Waals surface area contributed by atoms with E-state index in [9.17, 15) is 4.79 Å². The molecule has 22 heavy (non-hydrogen) atoms. The lowest BCUT2D eigenvalue weighted by Gasteiger charge is -2.28. The molecule has 0 saturated heterocycles. The van der Waals surface area contributed by atoms with Crippen LogP contribution in [0.25, 0.3) is 0 Å². The number of ether oxygens (including phenoxy) is 1. The summed E-state index contributed by atoms with van der Waals surface area (Å²) in [5.74, 6) is 1.30. The Morgan fingerprint density at radius 1 is 1.36 bits per heavy atom. The Balaban J connectivity index is 1.84. The predicted molar refractivity (Wildman–Crippen MR) is 88.9 cm³/mol. The van der Waals surface area contributed by atoms with E-state index >= 15 is 0 Å². The fourth-order valence-electron chi connectivity index (χ4n) is 3.09. The lowest BCUT2D eigenvalue weighted by atomic mass is 9.84. The van der Waals surface area contributed by atoms with Gasteiger partial charge in [0.25, 0.3) is 0 Å². The summed E-state index contributed by atoms with van der Waals surface area (Å²) in [5.41, 5.74) is 0.966. The number of benzene rings is 1. The number of rotatable bonds is 6. The highest BCUT2D eigenvalue weighted by atomic mass is 16.5. The van der Waals surface area contributed by atoms with Gasteiger partial charge in [-0.2, -0.15) is 0 Å². The van der Waals surface area contributed by atoms with E-state index in [1.807, 2.05) is 30.3 Å². The second-order valence-corrected chi connectivity index (χ2v) is 5.80. The van der Waals surface area contributed by atoms with Crippen molar-refractivity contribution in [3.63, 3.8) is 0 Å². The molecule has 2 N–H and O–H groups in total. The molecule has 0 spiro atoms. The number of hydrogen-bond acceptors (Lipinski definition) is 2. The van der Waals surface area contributed by atoms with Crippen LogP contribution in [0.1, 0.15) is 37.7 Å². The Morgan fingerprint density at radius 3 is 2.77 bits per heavy atom. The summed E-state index contributed by atoms with van der Waals surface area (Å²) in [5, 5.41) is 5.93. The average Bonchev–Trinajstić information content (AvgIpc) is 2.58. The van der Waals surface area contributed by atoms with Crippen LogP contribution in [0.2, 0.25) is 0 Å². The lowest BCUT2D eigenvalue weighted by molar-refractivity contribution is 0.229. The SMILES string of the molecule is C=C[C@H](NC(=O)NCc1ccccc1OC)C1CCCCC1. The van der Waals surface area contributed by atoms with E-state index in [1.54, 1.807) is 7.11 Å². The minimum absolute atomic E-state index is 0.0537. The fraction of sp³-hybridized carbons (Fsp3) is 0.500. The molecule has 120 valence electrons. The molecule has 0 bridgehead atoms. The maximum absolute atomic E-state index is 12.1. The second-order valence-electron chi connectivity index (χ2n) is 5.80. The quantitative estimate of drug-likeness (QED) is 0.788. The Kier molecular flexibility index (Phi) is 6.31. The minimum Gasteiger partial charge on any atom is -0.496 e. The molecule has 1 aliphatic rings. The van der Waals surface area contributed by atoms with E-state index in [0.29, 0.717) is 12.5 Å². The normalized spacial score (nSPS) is 16.6. The van der Waals surface area contributed by atoms with Crippen molar-refractivity contribution in [2.45, 2.75) is 44.7 Å². The molecule has 0 aliphatic heterocycles. The molecule has 4 nitrogen and oxygen atoms in total. The molecule has 1 aliphatic carbocycles. The zero-order valence-electron chi connectivity index (χ0n) is 13.3. The fourth-order valence-corrected chi connectivity index (χ4v) is 3.09. The smallest absolute Gasteiger partial charge is 0.315 e. The van der Waals surface area contributed by atoms with Crippen molar-refractivity contribution in [3.05, 3.63) is 42.5 Å². The zero-order chi connectivity index (χ0) is 15.8. The van der Waals surface area contributed by atoms with Gasteiger partial charge in [0.15, 0.2) is 0 Å². The predicted octanol–water partition coefficient (Wildman–Crippen LogP) is 3.63. The first kappa shape index (κ1) is 16.4. The standard InChI is InChI=1S/C18H26N2O2/c1-3-16(14-9-5-4-6-10-14)20-18(21)19-13-15-11-7-8-12-17(15)22-2/h3,7-8,11-12,14,16H,1,4-6,9-10,13H2,2H3,(H2,19,20,21)/t16-/m0/s1. The van der Waals surface area contributed by atoms with Gasteiger partial charge in [-0.05, 0) is 24.8 Å². The third-order valence-electron chi connectivity index (χ3n) is 4.34. The topological polar surface area (TPSA) is 50.4 Å². The minimum atomic E-state index is -0.152. The van der Waals surface area contributed by atoms with Gasteiger partial charge in [-0.15, -0.1) is 6.58 Å². The first-order valence-corrected chi connectivity index (χ1v) is 8.03. The Hall–Kier alpha value is -1.97. The molecular weight excluding hydrogens is 276 g/mol. The third-order valence-corrected chi connectivity index (χ3v) is 4.34. The van der Waals surface area contributed by atoms with Crippen molar-refractivity contribution >= 4 is 6.03 Å². The summed E-state index contributed by atoms with van der Waals surface area (Å²) in [6.07, 6.45) is 8.00. The van der Waals surface area contributed by atoms with Gasteiger partial charge in [0.05, 0.1) is 13.2 Å². The highest BCUT2D eigenvalue weighted by molar-refractivity contribution is 5.74. The first-order chi connectivity index (χ1) is 10.7. The molecule has 0 unspecified atom stereocenters. The molecule has 0 aromatic heterocycles. The molecule has 1 fully saturated rings. The molecule has 1 atom stereocenters. The molecule has 1 saturated carbocycles. The maximum Gasteiger partial charge on any atom is 0.315 e. The molecule has 0 radical (unpaired) electrons. The molecule has 4 heteroatoms. The van der Waals surface area contributed by atoms with Gasteiger partial charge in [0.2, 0.25) is 0 Å². The summed E-state index contributed by atoms with van der Waals surface area (Å²) < 4.78 is 5.29. The number of hydrogen-bond donors (Lipinski definition) is 2. The van der Waals surface area contributed by atoms with Crippen molar-refractivity contribution in [3.8, 4) is 5.75 Å². The van der Waals surface area contributed by atoms with E-state index in [4.69, 9.17) is 4.74 Å². The molecular formula is C18H26N2O2. The first-order valence-electron chi connectivity index (χ1n) is 8.03. The van der Waals surface area contributed by atoms with E-state index in [0.717, 1.165) is 11.3 Å². The Bertz CT molecular complexity index is 496. The molecule has 1 aromatic rings. The van der Waals surface area contributed by atoms with Crippen molar-refractivity contribution < 1.29 is 9.53 Å². The average molecular weight is 302 g/mol. The molecule has 2 rings (SSSR count). The number of methoxy groups -OCH3 is 1. The third kappa shape index (κ3) is 4.52. The van der Waals surface area contributed by atoms with Gasteiger partial charge in [-0.3, -0.25) is 0 Å². The summed E-state index contributed by atoms with van der Waals surface area (Å²) in [6.45, 7) is 4.32. The number of urea groups is 1. The summed E-state index contributed by atoms with van der Waals surface area (Å²) in [4.78, 5) is 12.1. The molecule has 0 heterocycles. The van der Waals surface area contributed by atoms with Crippen molar-refractivity contribution in [1.82, 2.24) is 10.6 Å². The monoisotopic (exact) mass is 302 g/mol. The van der Waals surface area contributed by atoms with Crippen LogP contribution in [0.4, 0.5) is 4.79 Å². The van der Waals surface area contributed by atoms with Crippen LogP contribution >= 0.6 is 0 Å². The number of amides is 2. The highest BCUT2D eigenvalue weighted by Gasteiger charge is 2.22. The van der Waals surface area contributed by atoms with Crippen LogP contribution in [0, 0.1) is 5.92 Å². The largest absolute Gasteiger partial charge is 0.496 e. The maximum atomic E-state index is 12.1. The van der Waals surface area contributed by atoms with Gasteiger partial charge in [-0.1, -0.05) is 43.5 Å². The summed E-state index contributed by atoms with van der Waals surface area (Å²) in [7, 11) is 1.63. The van der Waals surface area contributed by atoms with E-state index in [-0.39, 0.29) is 12.1 Å². The summed E-state index contributed by atoms with van der Waals surface area (Å²) in [6, 6.07) is 7.60. The van der Waals surface area contributed by atoms with Crippen LogP contribution in [-0.4, -0.2) is 19.2 Å². The summed E-state index contributed by atoms with van der Waals surface area (Å²) >= 11 is 0. The number of carbonyl (C=O) groups excluding carboxylic acids is 1.